The maximum absolute atomic E-state index is 10.6. The number of rotatable bonds is 5. The van der Waals surface area contributed by atoms with Crippen LogP contribution in [0.25, 0.3) is 6.08 Å². The zero-order chi connectivity index (χ0) is 17.2. The maximum Gasteiger partial charge on any atom is 0.236 e. The Kier molecular flexibility index (Phi) is 7.40. The molecule has 0 saturated carbocycles. The molecule has 3 N–H and O–H groups in total. The molecular weight excluding hydrogens is 288 g/mol. The van der Waals surface area contributed by atoms with Crippen molar-refractivity contribution in [3.05, 3.63) is 65.7 Å². The number of carbonyl (C=O) groups is 1. The number of ether oxygens (including phenoxy) is 1. The predicted molar refractivity (Wildman–Crippen MR) is 96.7 cm³/mol. The van der Waals surface area contributed by atoms with E-state index in [2.05, 4.69) is 50.0 Å². The lowest BCUT2D eigenvalue weighted by Gasteiger charge is -2.10. The molecule has 0 bridgehead atoms. The Morgan fingerprint density at radius 1 is 1.22 bits per heavy atom. The molecule has 4 heteroatoms. The average molecular weight is 312 g/mol. The third-order valence-corrected chi connectivity index (χ3v) is 3.34. The van der Waals surface area contributed by atoms with Crippen molar-refractivity contribution in [1.82, 2.24) is 0 Å². The van der Waals surface area contributed by atoms with Crippen molar-refractivity contribution in [2.75, 3.05) is 19.0 Å². The van der Waals surface area contributed by atoms with Gasteiger partial charge in [-0.1, -0.05) is 43.0 Å². The minimum atomic E-state index is -0.412. The Labute approximate surface area is 138 Å². The first kappa shape index (κ1) is 18.3. The van der Waals surface area contributed by atoms with Crippen LogP contribution in [0, 0.1) is 13.8 Å². The Bertz CT molecular complexity index is 645. The molecule has 0 aliphatic heterocycles. The van der Waals surface area contributed by atoms with Gasteiger partial charge in [0.15, 0.2) is 0 Å². The molecule has 2 aromatic rings. The van der Waals surface area contributed by atoms with Gasteiger partial charge in [0, 0.05) is 0 Å². The van der Waals surface area contributed by atoms with E-state index >= 15 is 0 Å². The Morgan fingerprint density at radius 2 is 1.83 bits per heavy atom. The molecule has 2 rings (SSSR count). The van der Waals surface area contributed by atoms with Gasteiger partial charge in [0.25, 0.3) is 0 Å². The van der Waals surface area contributed by atoms with Crippen molar-refractivity contribution in [3.63, 3.8) is 0 Å². The fourth-order valence-corrected chi connectivity index (χ4v) is 1.83. The van der Waals surface area contributed by atoms with E-state index in [1.54, 1.807) is 13.2 Å². The van der Waals surface area contributed by atoms with E-state index in [0.29, 0.717) is 5.75 Å². The zero-order valence-electron chi connectivity index (χ0n) is 13.9. The standard InChI is InChI=1S/C11H14N2O2.C8H10/c1-3-8-4-5-9(10(6-8)15-2)13-7-11(12)14;1-7-5-3-4-6-8(7)2/h3-6,13H,1,7H2,2H3,(H2,12,14);3-6H,1-2H3. The molecule has 2 aromatic carbocycles. The topological polar surface area (TPSA) is 64.3 Å². The number of nitrogens with one attached hydrogen (secondary N) is 1. The van der Waals surface area contributed by atoms with E-state index in [4.69, 9.17) is 10.5 Å². The highest BCUT2D eigenvalue weighted by atomic mass is 16.5. The molecule has 0 aliphatic carbocycles. The summed E-state index contributed by atoms with van der Waals surface area (Å²) in [7, 11) is 1.57. The molecule has 0 heterocycles. The molecule has 1 amide bonds. The maximum atomic E-state index is 10.6. The summed E-state index contributed by atoms with van der Waals surface area (Å²) < 4.78 is 5.16. The molecule has 4 nitrogen and oxygen atoms in total. The van der Waals surface area contributed by atoms with Crippen LogP contribution in [-0.2, 0) is 4.79 Å². The second-order valence-electron chi connectivity index (χ2n) is 5.07. The Balaban J connectivity index is 0.000000277. The lowest BCUT2D eigenvalue weighted by atomic mass is 10.1. The second-order valence-corrected chi connectivity index (χ2v) is 5.07. The number of amides is 1. The lowest BCUT2D eigenvalue weighted by Crippen LogP contribution is -2.22. The van der Waals surface area contributed by atoms with E-state index in [1.165, 1.54) is 11.1 Å². The van der Waals surface area contributed by atoms with E-state index in [1.807, 2.05) is 18.2 Å². The van der Waals surface area contributed by atoms with Crippen molar-refractivity contribution in [1.29, 1.82) is 0 Å². The highest BCUT2D eigenvalue weighted by Gasteiger charge is 2.03. The SMILES string of the molecule is C=Cc1ccc(NCC(N)=O)c(OC)c1.Cc1ccccc1C. The summed E-state index contributed by atoms with van der Waals surface area (Å²) in [6, 6.07) is 13.9. The summed E-state index contributed by atoms with van der Waals surface area (Å²) >= 11 is 0. The van der Waals surface area contributed by atoms with Crippen LogP contribution in [0.4, 0.5) is 5.69 Å². The highest BCUT2D eigenvalue weighted by molar-refractivity contribution is 5.79. The molecule has 0 spiro atoms. The zero-order valence-corrected chi connectivity index (χ0v) is 13.9. The number of nitrogens with two attached hydrogens (primary N) is 1. The fraction of sp³-hybridized carbons (Fsp3) is 0.211. The minimum Gasteiger partial charge on any atom is -0.495 e. The van der Waals surface area contributed by atoms with E-state index in [0.717, 1.165) is 11.3 Å². The summed E-state index contributed by atoms with van der Waals surface area (Å²) in [4.78, 5) is 10.6. The number of carbonyl (C=O) groups excluding carboxylic acids is 1. The third kappa shape index (κ3) is 6.26. The summed E-state index contributed by atoms with van der Waals surface area (Å²) in [6.07, 6.45) is 1.72. The molecule has 0 radical (unpaired) electrons. The number of benzene rings is 2. The van der Waals surface area contributed by atoms with Crippen molar-refractivity contribution >= 4 is 17.7 Å². The van der Waals surface area contributed by atoms with Gasteiger partial charge in [-0.15, -0.1) is 0 Å². The third-order valence-electron chi connectivity index (χ3n) is 3.34. The van der Waals surface area contributed by atoms with Gasteiger partial charge in [0.2, 0.25) is 5.91 Å². The van der Waals surface area contributed by atoms with Crippen LogP contribution in [0.1, 0.15) is 16.7 Å². The smallest absolute Gasteiger partial charge is 0.236 e. The van der Waals surface area contributed by atoms with Gasteiger partial charge in [-0.2, -0.15) is 0 Å². The van der Waals surface area contributed by atoms with Gasteiger partial charge in [-0.25, -0.2) is 0 Å². The van der Waals surface area contributed by atoms with E-state index in [-0.39, 0.29) is 6.54 Å². The highest BCUT2D eigenvalue weighted by Crippen LogP contribution is 2.25. The molecule has 0 aliphatic rings. The number of anilines is 1. The molecular formula is C19H24N2O2. The fourth-order valence-electron chi connectivity index (χ4n) is 1.83. The van der Waals surface area contributed by atoms with Crippen LogP contribution in [0.2, 0.25) is 0 Å². The molecule has 0 atom stereocenters. The van der Waals surface area contributed by atoms with Crippen LogP contribution in [0.5, 0.6) is 5.75 Å². The summed E-state index contributed by atoms with van der Waals surface area (Å²) in [5.41, 5.74) is 9.46. The first-order chi connectivity index (χ1) is 11.0. The van der Waals surface area contributed by atoms with Crippen molar-refractivity contribution < 1.29 is 9.53 Å². The lowest BCUT2D eigenvalue weighted by molar-refractivity contribution is -0.116. The molecule has 0 unspecified atom stereocenters. The van der Waals surface area contributed by atoms with Crippen LogP contribution in [0.15, 0.2) is 49.0 Å². The summed E-state index contributed by atoms with van der Waals surface area (Å²) in [5, 5.41) is 2.88. The van der Waals surface area contributed by atoms with E-state index in [9.17, 15) is 4.79 Å². The van der Waals surface area contributed by atoms with Gasteiger partial charge in [0.1, 0.15) is 5.75 Å². The molecule has 23 heavy (non-hydrogen) atoms. The number of hydrogen-bond acceptors (Lipinski definition) is 3. The molecule has 0 fully saturated rings. The van der Waals surface area contributed by atoms with Gasteiger partial charge in [-0.3, -0.25) is 4.79 Å². The Hall–Kier alpha value is -2.75. The first-order valence-electron chi connectivity index (χ1n) is 7.32. The second kappa shape index (κ2) is 9.30. The van der Waals surface area contributed by atoms with Crippen molar-refractivity contribution in [2.24, 2.45) is 5.73 Å². The molecule has 0 saturated heterocycles. The largest absolute Gasteiger partial charge is 0.495 e. The van der Waals surface area contributed by atoms with Crippen molar-refractivity contribution in [2.45, 2.75) is 13.8 Å². The number of hydrogen-bond donors (Lipinski definition) is 2. The Morgan fingerprint density at radius 3 is 2.26 bits per heavy atom. The average Bonchev–Trinajstić information content (AvgIpc) is 2.56. The van der Waals surface area contributed by atoms with Crippen LogP contribution < -0.4 is 15.8 Å². The molecule has 0 aromatic heterocycles. The molecule has 122 valence electrons. The van der Waals surface area contributed by atoms with Crippen LogP contribution in [-0.4, -0.2) is 19.6 Å². The van der Waals surface area contributed by atoms with Gasteiger partial charge < -0.3 is 15.8 Å². The monoisotopic (exact) mass is 312 g/mol. The normalized spacial score (nSPS) is 9.35. The number of methoxy groups -OCH3 is 1. The quantitative estimate of drug-likeness (QED) is 0.887. The van der Waals surface area contributed by atoms with Gasteiger partial charge >= 0.3 is 0 Å². The number of primary amides is 1. The van der Waals surface area contributed by atoms with Gasteiger partial charge in [0.05, 0.1) is 19.3 Å². The van der Waals surface area contributed by atoms with Gasteiger partial charge in [-0.05, 0) is 42.7 Å². The van der Waals surface area contributed by atoms with Crippen LogP contribution >= 0.6 is 0 Å². The first-order valence-corrected chi connectivity index (χ1v) is 7.32. The summed E-state index contributed by atoms with van der Waals surface area (Å²) in [6.45, 7) is 7.99. The van der Waals surface area contributed by atoms with Crippen molar-refractivity contribution in [3.8, 4) is 5.75 Å². The predicted octanol–water partition coefficient (Wildman–Crippen LogP) is 3.54. The van der Waals surface area contributed by atoms with Crippen LogP contribution in [0.3, 0.4) is 0 Å². The van der Waals surface area contributed by atoms with E-state index < -0.39 is 5.91 Å². The minimum absolute atomic E-state index is 0.0871. The number of aryl methyl sites for hydroxylation is 2. The summed E-state index contributed by atoms with van der Waals surface area (Å²) in [5.74, 6) is 0.249.